The topological polar surface area (TPSA) is 70.6 Å². The van der Waals surface area contributed by atoms with Crippen LogP contribution in [-0.2, 0) is 0 Å². The normalized spacial score (nSPS) is 16.0. The second kappa shape index (κ2) is 12.6. The van der Waals surface area contributed by atoms with E-state index in [9.17, 15) is 5.26 Å². The summed E-state index contributed by atoms with van der Waals surface area (Å²) in [5, 5.41) is 14.2. The number of hydrogen-bond acceptors (Lipinski definition) is 5. The van der Waals surface area contributed by atoms with E-state index in [2.05, 4.69) is 113 Å². The second-order valence-corrected chi connectivity index (χ2v) is 13.5. The average Bonchev–Trinajstić information content (AvgIpc) is 3.65. The van der Waals surface area contributed by atoms with Crippen molar-refractivity contribution in [1.29, 1.82) is 5.26 Å². The zero-order valence-corrected chi connectivity index (χ0v) is 28.8. The molecule has 0 bridgehead atoms. The first kappa shape index (κ1) is 30.7. The fraction of sp³-hybridized carbons (Fsp3) is 0.0638. The highest BCUT2D eigenvalue weighted by molar-refractivity contribution is 5.98. The van der Waals surface area contributed by atoms with Crippen LogP contribution in [0.2, 0.25) is 0 Å². The summed E-state index contributed by atoms with van der Waals surface area (Å²) in [7, 11) is 0. The molecular formula is C47H32N6. The monoisotopic (exact) mass is 680 g/mol. The number of para-hydroxylation sites is 3. The number of anilines is 2. The van der Waals surface area contributed by atoms with Gasteiger partial charge < -0.3 is 9.47 Å². The first-order valence-electron chi connectivity index (χ1n) is 17.9. The molecule has 0 N–H and O–H groups in total. The predicted octanol–water partition coefficient (Wildman–Crippen LogP) is 8.84. The number of nitriles is 1. The van der Waals surface area contributed by atoms with Gasteiger partial charge in [0.2, 0.25) is 0 Å². The quantitative estimate of drug-likeness (QED) is 0.182. The van der Waals surface area contributed by atoms with Gasteiger partial charge in [-0.25, -0.2) is 15.0 Å². The fourth-order valence-corrected chi connectivity index (χ4v) is 8.12. The Bertz CT molecular complexity index is 2780. The van der Waals surface area contributed by atoms with Crippen LogP contribution in [0.25, 0.3) is 56.6 Å². The van der Waals surface area contributed by atoms with E-state index in [-0.39, 0.29) is 6.04 Å². The molecule has 5 aromatic carbocycles. The molecule has 3 aliphatic rings. The van der Waals surface area contributed by atoms with E-state index in [4.69, 9.17) is 15.0 Å². The van der Waals surface area contributed by atoms with Crippen LogP contribution in [0.1, 0.15) is 24.2 Å². The Hall–Kier alpha value is -7.10. The minimum absolute atomic E-state index is 0.173. The van der Waals surface area contributed by atoms with Gasteiger partial charge in [-0.15, -0.1) is 0 Å². The van der Waals surface area contributed by atoms with Gasteiger partial charge in [0.05, 0.1) is 23.0 Å². The van der Waals surface area contributed by atoms with Crippen molar-refractivity contribution >= 4 is 45.2 Å². The Labute approximate surface area is 307 Å². The summed E-state index contributed by atoms with van der Waals surface area (Å²) in [6, 6.07) is 50.7. The summed E-state index contributed by atoms with van der Waals surface area (Å²) >= 11 is 0. The van der Waals surface area contributed by atoms with Crippen molar-refractivity contribution in [3.8, 4) is 28.8 Å². The lowest BCUT2D eigenvalue weighted by atomic mass is 9.93. The van der Waals surface area contributed by atoms with E-state index in [1.807, 2.05) is 66.7 Å². The second-order valence-electron chi connectivity index (χ2n) is 13.5. The molecule has 1 unspecified atom stereocenters. The van der Waals surface area contributed by atoms with Gasteiger partial charge in [-0.1, -0.05) is 121 Å². The van der Waals surface area contributed by atoms with Gasteiger partial charge in [-0.3, -0.25) is 0 Å². The van der Waals surface area contributed by atoms with Gasteiger partial charge in [0, 0.05) is 61.9 Å². The largest absolute Gasteiger partial charge is 0.333 e. The number of aromatic nitrogens is 4. The first-order valence-corrected chi connectivity index (χ1v) is 17.9. The van der Waals surface area contributed by atoms with E-state index in [1.54, 1.807) is 0 Å². The molecule has 10 rings (SSSR count). The van der Waals surface area contributed by atoms with Crippen molar-refractivity contribution in [1.82, 2.24) is 19.5 Å². The number of rotatable bonds is 5. The Morgan fingerprint density at radius 2 is 1.26 bits per heavy atom. The Balaban J connectivity index is 1.17. The van der Waals surface area contributed by atoms with Crippen molar-refractivity contribution < 1.29 is 0 Å². The van der Waals surface area contributed by atoms with E-state index in [0.29, 0.717) is 29.5 Å². The molecule has 3 heterocycles. The van der Waals surface area contributed by atoms with Gasteiger partial charge in [0.15, 0.2) is 17.5 Å². The van der Waals surface area contributed by atoms with Gasteiger partial charge in [-0.2, -0.15) is 5.26 Å². The maximum atomic E-state index is 10.5. The van der Waals surface area contributed by atoms with Crippen molar-refractivity contribution in [2.75, 3.05) is 4.90 Å². The van der Waals surface area contributed by atoms with Crippen molar-refractivity contribution in [3.05, 3.63) is 185 Å². The Morgan fingerprint density at radius 3 is 1.98 bits per heavy atom. The molecule has 0 saturated heterocycles. The fourth-order valence-electron chi connectivity index (χ4n) is 8.12. The zero-order chi connectivity index (χ0) is 35.3. The summed E-state index contributed by atoms with van der Waals surface area (Å²) < 4.78 is 2.37. The molecule has 0 radical (unpaired) electrons. The summed E-state index contributed by atoms with van der Waals surface area (Å²) in [4.78, 5) is 17.3. The molecule has 6 nitrogen and oxygen atoms in total. The number of hydrogen-bond donors (Lipinski definition) is 0. The molecule has 1 aliphatic heterocycles. The van der Waals surface area contributed by atoms with Crippen LogP contribution < -0.4 is 15.5 Å². The lowest BCUT2D eigenvalue weighted by molar-refractivity contribution is 0.838. The summed E-state index contributed by atoms with van der Waals surface area (Å²) in [5.74, 6) is 1.70. The van der Waals surface area contributed by atoms with Crippen LogP contribution in [-0.4, -0.2) is 25.6 Å². The standard InChI is InChI=1S/C47H32N6/c48-30-31-28-34(47-50-45(32-14-4-1-5-15-32)49-46(51-47)33-16-6-2-7-17-33)24-25-36(29-31)53-40-23-13-11-21-38(40)44-42(53)27-26-41-43(44)37-20-10-12-22-39(37)52(41)35-18-8-3-9-19-35/h1-25,27-28,41H,26,29H2. The SMILES string of the molecule is N#CC1=CC(c2nc(-c3ccccc3)nc(-c3ccccc3)n2)=CC=C(n2c3c(c4ccccc42)=C2c4ccccc4N(c4ccccc4)C2CC=3)C1. The van der Waals surface area contributed by atoms with E-state index in [1.165, 1.54) is 38.5 Å². The molecule has 250 valence electrons. The summed E-state index contributed by atoms with van der Waals surface area (Å²) in [6.07, 6.45) is 9.83. The zero-order valence-electron chi connectivity index (χ0n) is 28.8. The summed E-state index contributed by atoms with van der Waals surface area (Å²) in [6.45, 7) is 0. The van der Waals surface area contributed by atoms with E-state index in [0.717, 1.165) is 34.3 Å². The molecule has 2 aliphatic carbocycles. The van der Waals surface area contributed by atoms with Crippen molar-refractivity contribution in [2.45, 2.75) is 18.9 Å². The van der Waals surface area contributed by atoms with Gasteiger partial charge >= 0.3 is 0 Å². The highest BCUT2D eigenvalue weighted by atomic mass is 15.2. The minimum atomic E-state index is 0.173. The van der Waals surface area contributed by atoms with Crippen LogP contribution in [0, 0.1) is 11.3 Å². The maximum absolute atomic E-state index is 10.5. The number of allylic oxidation sites excluding steroid dienone is 6. The third kappa shape index (κ3) is 5.13. The van der Waals surface area contributed by atoms with E-state index >= 15 is 0 Å². The first-order chi connectivity index (χ1) is 26.2. The molecule has 0 amide bonds. The maximum Gasteiger partial charge on any atom is 0.164 e. The molecule has 2 aromatic heterocycles. The highest BCUT2D eigenvalue weighted by Crippen LogP contribution is 2.45. The number of benzene rings is 5. The Morgan fingerprint density at radius 1 is 0.642 bits per heavy atom. The molecule has 6 heteroatoms. The van der Waals surface area contributed by atoms with Crippen molar-refractivity contribution in [2.24, 2.45) is 0 Å². The van der Waals surface area contributed by atoms with Gasteiger partial charge in [-0.05, 0) is 54.5 Å². The molecular weight excluding hydrogens is 649 g/mol. The minimum Gasteiger partial charge on any atom is -0.333 e. The van der Waals surface area contributed by atoms with Crippen LogP contribution in [0.4, 0.5) is 11.4 Å². The molecule has 0 fully saturated rings. The third-order valence-electron chi connectivity index (χ3n) is 10.4. The number of fused-ring (bicyclic) bond motifs is 6. The molecule has 0 spiro atoms. The van der Waals surface area contributed by atoms with Gasteiger partial charge in [0.1, 0.15) is 0 Å². The molecule has 53 heavy (non-hydrogen) atoms. The Kier molecular flexibility index (Phi) is 7.29. The third-order valence-corrected chi connectivity index (χ3v) is 10.4. The molecule has 0 saturated carbocycles. The smallest absolute Gasteiger partial charge is 0.164 e. The van der Waals surface area contributed by atoms with Gasteiger partial charge in [0.25, 0.3) is 0 Å². The average molecular weight is 681 g/mol. The summed E-state index contributed by atoms with van der Waals surface area (Å²) in [5.41, 5.74) is 10.4. The lowest BCUT2D eigenvalue weighted by Crippen LogP contribution is -2.40. The predicted molar refractivity (Wildman–Crippen MR) is 213 cm³/mol. The molecule has 7 aromatic rings. The van der Waals surface area contributed by atoms with Crippen LogP contribution in [0.3, 0.4) is 0 Å². The lowest BCUT2D eigenvalue weighted by Gasteiger charge is -2.28. The number of nitrogens with zero attached hydrogens (tertiary/aromatic N) is 6. The van der Waals surface area contributed by atoms with Crippen LogP contribution >= 0.6 is 0 Å². The molecule has 1 atom stereocenters. The van der Waals surface area contributed by atoms with Crippen molar-refractivity contribution in [3.63, 3.8) is 0 Å². The van der Waals surface area contributed by atoms with Crippen LogP contribution in [0.15, 0.2) is 163 Å². The van der Waals surface area contributed by atoms with Crippen LogP contribution in [0.5, 0.6) is 0 Å². The highest BCUT2D eigenvalue weighted by Gasteiger charge is 2.37. The van der Waals surface area contributed by atoms with E-state index < -0.39 is 0 Å².